The molecule has 0 unspecified atom stereocenters. The van der Waals surface area contributed by atoms with Gasteiger partial charge >= 0.3 is 5.97 Å². The molecule has 6 nitrogen and oxygen atoms in total. The summed E-state index contributed by atoms with van der Waals surface area (Å²) in [5.74, 6) is -1.21. The number of pyridine rings is 1. The molecule has 3 rings (SSSR count). The normalized spacial score (nSPS) is 13.3. The lowest BCUT2D eigenvalue weighted by molar-refractivity contribution is 0.0675. The number of methoxy groups -OCH3 is 1. The Morgan fingerprint density at radius 1 is 1.24 bits per heavy atom. The van der Waals surface area contributed by atoms with Crippen LogP contribution in [0.1, 0.15) is 32.0 Å². The van der Waals surface area contributed by atoms with E-state index < -0.39 is 5.97 Å². The van der Waals surface area contributed by atoms with Crippen LogP contribution < -0.4 is 4.74 Å². The van der Waals surface area contributed by atoms with Crippen molar-refractivity contribution in [3.8, 4) is 5.75 Å². The van der Waals surface area contributed by atoms with Gasteiger partial charge in [0, 0.05) is 37.0 Å². The molecule has 1 N–H and O–H groups in total. The first kappa shape index (κ1) is 17.5. The van der Waals surface area contributed by atoms with Crippen LogP contribution in [0.25, 0.3) is 0 Å². The van der Waals surface area contributed by atoms with Crippen LogP contribution in [0.4, 0.5) is 0 Å². The van der Waals surface area contributed by atoms with Crippen molar-refractivity contribution < 1.29 is 19.4 Å². The Balaban J connectivity index is 1.99. The Kier molecular flexibility index (Phi) is 4.83. The van der Waals surface area contributed by atoms with Crippen LogP contribution in [-0.4, -0.2) is 40.5 Å². The van der Waals surface area contributed by atoms with E-state index in [4.69, 9.17) is 27.9 Å². The van der Waals surface area contributed by atoms with Crippen molar-refractivity contribution >= 4 is 35.1 Å². The number of carbonyl (C=O) groups excluding carboxylic acids is 1. The fourth-order valence-corrected chi connectivity index (χ4v) is 3.37. The first-order chi connectivity index (χ1) is 11.9. The van der Waals surface area contributed by atoms with E-state index in [1.54, 1.807) is 6.07 Å². The lowest BCUT2D eigenvalue weighted by Crippen LogP contribution is -2.37. The highest BCUT2D eigenvalue weighted by molar-refractivity contribution is 6.37. The molecule has 0 radical (unpaired) electrons. The second-order valence-electron chi connectivity index (χ2n) is 5.50. The van der Waals surface area contributed by atoms with Crippen LogP contribution >= 0.6 is 23.2 Å². The van der Waals surface area contributed by atoms with Crippen LogP contribution in [-0.2, 0) is 13.0 Å². The molecule has 2 heterocycles. The number of benzene rings is 1. The molecule has 0 saturated heterocycles. The number of aromatic nitrogens is 1. The van der Waals surface area contributed by atoms with Gasteiger partial charge < -0.3 is 14.7 Å². The van der Waals surface area contributed by atoms with Gasteiger partial charge in [-0.3, -0.25) is 9.78 Å². The topological polar surface area (TPSA) is 79.7 Å². The van der Waals surface area contributed by atoms with Crippen molar-refractivity contribution in [2.45, 2.75) is 13.0 Å². The molecule has 130 valence electrons. The van der Waals surface area contributed by atoms with Crippen molar-refractivity contribution in [3.05, 3.63) is 56.8 Å². The number of carboxylic acid groups (broad SMARTS) is 1. The molecule has 1 aliphatic heterocycles. The number of hydrogen-bond donors (Lipinski definition) is 1. The minimum Gasteiger partial charge on any atom is -0.494 e. The van der Waals surface area contributed by atoms with Crippen LogP contribution in [0, 0.1) is 0 Å². The number of carbonyl (C=O) groups is 2. The second-order valence-corrected chi connectivity index (χ2v) is 6.32. The van der Waals surface area contributed by atoms with E-state index in [1.807, 2.05) is 0 Å². The fourth-order valence-electron chi connectivity index (χ4n) is 2.90. The summed E-state index contributed by atoms with van der Waals surface area (Å²) in [6.45, 7) is 0.531. The molecular formula is C17H14Cl2N2O4. The number of hydrogen-bond acceptors (Lipinski definition) is 4. The summed E-state index contributed by atoms with van der Waals surface area (Å²) in [6.07, 6.45) is 1.93. The highest BCUT2D eigenvalue weighted by Crippen LogP contribution is 2.35. The highest BCUT2D eigenvalue weighted by atomic mass is 35.5. The number of amides is 1. The smallest absolute Gasteiger partial charge is 0.336 e. The maximum Gasteiger partial charge on any atom is 0.336 e. The largest absolute Gasteiger partial charge is 0.494 e. The molecule has 1 aliphatic rings. The lowest BCUT2D eigenvalue weighted by atomic mass is 9.99. The van der Waals surface area contributed by atoms with Gasteiger partial charge in [0.2, 0.25) is 0 Å². The van der Waals surface area contributed by atoms with Crippen molar-refractivity contribution in [3.63, 3.8) is 0 Å². The van der Waals surface area contributed by atoms with Gasteiger partial charge in [0.15, 0.2) is 5.75 Å². The monoisotopic (exact) mass is 380 g/mol. The van der Waals surface area contributed by atoms with Crippen molar-refractivity contribution in [1.82, 2.24) is 9.88 Å². The number of fused-ring (bicyclic) bond motifs is 1. The Hall–Kier alpha value is -2.31. The third kappa shape index (κ3) is 3.15. The van der Waals surface area contributed by atoms with Gasteiger partial charge in [-0.1, -0.05) is 23.2 Å². The fraction of sp³-hybridized carbons (Fsp3) is 0.235. The average molecular weight is 381 g/mol. The first-order valence-corrected chi connectivity index (χ1v) is 8.21. The van der Waals surface area contributed by atoms with Crippen LogP contribution in [0.5, 0.6) is 5.75 Å². The Bertz CT molecular complexity index is 870. The summed E-state index contributed by atoms with van der Waals surface area (Å²) >= 11 is 12.3. The highest BCUT2D eigenvalue weighted by Gasteiger charge is 2.29. The first-order valence-electron chi connectivity index (χ1n) is 7.45. The molecule has 0 spiro atoms. The van der Waals surface area contributed by atoms with E-state index >= 15 is 0 Å². The molecule has 25 heavy (non-hydrogen) atoms. The number of carboxylic acids is 1. The van der Waals surface area contributed by atoms with E-state index in [1.165, 1.54) is 30.3 Å². The number of rotatable bonds is 3. The third-order valence-corrected chi connectivity index (χ3v) is 4.72. The second kappa shape index (κ2) is 6.90. The minimum absolute atomic E-state index is 0.135. The van der Waals surface area contributed by atoms with Gasteiger partial charge in [-0.2, -0.15) is 0 Å². The molecule has 1 aromatic carbocycles. The standard InChI is InChI=1S/C17H14Cl2N2O4/c1-25-15-12(19)3-2-11(18)14(15)16(22)21-7-5-13-10(8-21)9(17(23)24)4-6-20-13/h2-4,6H,5,7-8H2,1H3,(H,23,24). The quantitative estimate of drug-likeness (QED) is 0.883. The zero-order valence-electron chi connectivity index (χ0n) is 13.3. The Labute approximate surface area is 153 Å². The number of halogens is 2. The van der Waals surface area contributed by atoms with Crippen LogP contribution in [0.3, 0.4) is 0 Å². The molecule has 1 amide bonds. The van der Waals surface area contributed by atoms with E-state index in [0.29, 0.717) is 24.2 Å². The van der Waals surface area contributed by atoms with Gasteiger partial charge in [-0.15, -0.1) is 0 Å². The summed E-state index contributed by atoms with van der Waals surface area (Å²) < 4.78 is 5.23. The number of aromatic carboxylic acids is 1. The molecule has 2 aromatic rings. The molecule has 8 heteroatoms. The van der Waals surface area contributed by atoms with Crippen LogP contribution in [0.15, 0.2) is 24.4 Å². The van der Waals surface area contributed by atoms with Gasteiger partial charge in [-0.25, -0.2) is 4.79 Å². The Morgan fingerprint density at radius 2 is 1.96 bits per heavy atom. The summed E-state index contributed by atoms with van der Waals surface area (Å²) in [7, 11) is 1.41. The molecule has 0 bridgehead atoms. The van der Waals surface area contributed by atoms with Gasteiger partial charge in [0.25, 0.3) is 5.91 Å². The molecule has 0 atom stereocenters. The predicted molar refractivity (Wildman–Crippen MR) is 92.7 cm³/mol. The molecule has 0 saturated carbocycles. The maximum absolute atomic E-state index is 13.0. The van der Waals surface area contributed by atoms with E-state index in [2.05, 4.69) is 4.98 Å². The molecule has 0 fully saturated rings. The number of ether oxygens (including phenoxy) is 1. The third-order valence-electron chi connectivity index (χ3n) is 4.11. The molecule has 0 aliphatic carbocycles. The average Bonchev–Trinajstić information content (AvgIpc) is 2.61. The zero-order chi connectivity index (χ0) is 18.1. The lowest BCUT2D eigenvalue weighted by Gasteiger charge is -2.30. The van der Waals surface area contributed by atoms with Gasteiger partial charge in [-0.05, 0) is 18.2 Å². The SMILES string of the molecule is COc1c(Cl)ccc(Cl)c1C(=O)N1CCc2nccc(C(=O)O)c2C1. The van der Waals surface area contributed by atoms with Gasteiger partial charge in [0.1, 0.15) is 5.56 Å². The van der Waals surface area contributed by atoms with E-state index in [-0.39, 0.29) is 39.4 Å². The zero-order valence-corrected chi connectivity index (χ0v) is 14.8. The molecule has 1 aromatic heterocycles. The van der Waals surface area contributed by atoms with E-state index in [0.717, 1.165) is 0 Å². The molecular weight excluding hydrogens is 367 g/mol. The Morgan fingerprint density at radius 3 is 2.64 bits per heavy atom. The summed E-state index contributed by atoms with van der Waals surface area (Å²) in [6, 6.07) is 4.52. The number of nitrogens with zero attached hydrogens (tertiary/aromatic N) is 2. The van der Waals surface area contributed by atoms with E-state index in [9.17, 15) is 14.7 Å². The summed E-state index contributed by atoms with van der Waals surface area (Å²) in [4.78, 5) is 30.2. The van der Waals surface area contributed by atoms with Gasteiger partial charge in [0.05, 0.1) is 22.7 Å². The summed E-state index contributed by atoms with van der Waals surface area (Å²) in [5, 5.41) is 9.86. The summed E-state index contributed by atoms with van der Waals surface area (Å²) in [5.41, 5.74) is 1.53. The predicted octanol–water partition coefficient (Wildman–Crippen LogP) is 3.29. The maximum atomic E-state index is 13.0. The van der Waals surface area contributed by atoms with Crippen molar-refractivity contribution in [2.24, 2.45) is 0 Å². The van der Waals surface area contributed by atoms with Crippen molar-refractivity contribution in [2.75, 3.05) is 13.7 Å². The minimum atomic E-state index is -1.05. The van der Waals surface area contributed by atoms with Crippen LogP contribution in [0.2, 0.25) is 10.0 Å². The van der Waals surface area contributed by atoms with Crippen molar-refractivity contribution in [1.29, 1.82) is 0 Å².